The molecule has 3 aromatic heterocycles. The number of carbonyl (C=O) groups is 2. The van der Waals surface area contributed by atoms with E-state index in [9.17, 15) is 9.59 Å². The highest BCUT2D eigenvalue weighted by Gasteiger charge is 2.45. The number of anilines is 1. The highest BCUT2D eigenvalue weighted by molar-refractivity contribution is 6.30. The van der Waals surface area contributed by atoms with Crippen LogP contribution in [0.25, 0.3) is 10.9 Å². The van der Waals surface area contributed by atoms with Gasteiger partial charge in [0.05, 0.1) is 29.6 Å². The molecule has 3 aromatic rings. The zero-order valence-electron chi connectivity index (χ0n) is 26.5. The number of amides is 1. The van der Waals surface area contributed by atoms with Gasteiger partial charge in [0.1, 0.15) is 23.5 Å². The van der Waals surface area contributed by atoms with Crippen LogP contribution in [0.2, 0.25) is 5.15 Å². The molecule has 1 amide bonds. The van der Waals surface area contributed by atoms with Crippen molar-refractivity contribution in [2.24, 2.45) is 5.92 Å². The summed E-state index contributed by atoms with van der Waals surface area (Å²) in [5, 5.41) is 9.13. The van der Waals surface area contributed by atoms with Crippen molar-refractivity contribution in [3.8, 4) is 6.01 Å². The minimum Gasteiger partial charge on any atom is -0.481 e. The van der Waals surface area contributed by atoms with Crippen LogP contribution in [0.4, 0.5) is 15.0 Å². The Morgan fingerprint density at radius 1 is 1.11 bits per heavy atom. The molecule has 0 spiro atoms. The van der Waals surface area contributed by atoms with Crippen LogP contribution in [0.1, 0.15) is 58.6 Å². The second kappa shape index (κ2) is 13.2. The van der Waals surface area contributed by atoms with Gasteiger partial charge in [0, 0.05) is 38.6 Å². The normalized spacial score (nSPS) is 20.8. The molecule has 2 bridgehead atoms. The van der Waals surface area contributed by atoms with Crippen LogP contribution in [-0.2, 0) is 22.7 Å². The average molecular weight is 658 g/mol. The smallest absolute Gasteiger partial charge is 0.410 e. The SMILES string of the molecule is CC(C)(C)OC(=O)N1C2CC[C@H]1CN(c1nc(OCc3cccn3CC3CCN(CCC(=O)O)CC3)nc3c(F)c(Cl)ncc13)C2. The number of fused-ring (bicyclic) bond motifs is 3. The first kappa shape index (κ1) is 32.2. The Balaban J connectivity index is 1.17. The summed E-state index contributed by atoms with van der Waals surface area (Å²) in [6.07, 6.45) is 7.01. The van der Waals surface area contributed by atoms with Gasteiger partial charge in [0.15, 0.2) is 11.0 Å². The number of ether oxygens (including phenoxy) is 2. The van der Waals surface area contributed by atoms with Crippen LogP contribution >= 0.6 is 11.6 Å². The van der Waals surface area contributed by atoms with Crippen molar-refractivity contribution >= 4 is 40.4 Å². The van der Waals surface area contributed by atoms with Crippen LogP contribution < -0.4 is 9.64 Å². The van der Waals surface area contributed by atoms with E-state index in [1.165, 1.54) is 6.20 Å². The Kier molecular flexibility index (Phi) is 9.24. The molecule has 1 N–H and O–H groups in total. The lowest BCUT2D eigenvalue weighted by molar-refractivity contribution is -0.137. The number of halogens is 2. The molecule has 3 aliphatic heterocycles. The maximum atomic E-state index is 15.3. The number of hydrogen-bond acceptors (Lipinski definition) is 9. The van der Waals surface area contributed by atoms with Crippen molar-refractivity contribution in [1.82, 2.24) is 29.3 Å². The Hall–Kier alpha value is -3.71. The van der Waals surface area contributed by atoms with E-state index in [1.54, 1.807) is 0 Å². The van der Waals surface area contributed by atoms with Gasteiger partial charge < -0.3 is 28.9 Å². The number of pyridine rings is 1. The zero-order valence-corrected chi connectivity index (χ0v) is 27.2. The fourth-order valence-corrected chi connectivity index (χ4v) is 6.95. The third kappa shape index (κ3) is 7.15. The molecule has 1 unspecified atom stereocenters. The van der Waals surface area contributed by atoms with E-state index < -0.39 is 17.4 Å². The van der Waals surface area contributed by atoms with Gasteiger partial charge in [-0.15, -0.1) is 0 Å². The number of carboxylic acids is 1. The molecule has 2 atom stereocenters. The number of rotatable bonds is 9. The Morgan fingerprint density at radius 2 is 1.83 bits per heavy atom. The highest BCUT2D eigenvalue weighted by Crippen LogP contribution is 2.37. The molecule has 0 aromatic carbocycles. The number of aliphatic carboxylic acids is 1. The molecule has 46 heavy (non-hydrogen) atoms. The second-order valence-electron chi connectivity index (χ2n) is 13.5. The number of carbonyl (C=O) groups excluding carboxylic acids is 1. The van der Waals surface area contributed by atoms with Gasteiger partial charge >= 0.3 is 18.1 Å². The highest BCUT2D eigenvalue weighted by atomic mass is 35.5. The van der Waals surface area contributed by atoms with E-state index in [-0.39, 0.29) is 47.9 Å². The molecule has 14 heteroatoms. The second-order valence-corrected chi connectivity index (χ2v) is 13.9. The molecule has 0 radical (unpaired) electrons. The summed E-state index contributed by atoms with van der Waals surface area (Å²) >= 11 is 6.06. The molecule has 3 saturated heterocycles. The standard InChI is InChI=1S/C32H41ClFN7O5/c1-32(2,3)46-31(44)41-21-6-7-22(41)18-40(17-21)29-24-15-35-28(33)26(34)27(24)36-30(37-29)45-19-23-5-4-11-39(23)16-20-8-12-38(13-9-20)14-10-25(42)43/h4-5,11,15,20-22H,6-10,12-14,16-19H2,1-3H3,(H,42,43)/t21-,22?/m0/s1. The van der Waals surface area contributed by atoms with Gasteiger partial charge in [-0.1, -0.05) is 11.6 Å². The number of carboxylic acid groups (broad SMARTS) is 1. The van der Waals surface area contributed by atoms with Crippen LogP contribution in [-0.4, -0.2) is 96.9 Å². The molecule has 3 fully saturated rings. The largest absolute Gasteiger partial charge is 0.481 e. The maximum absolute atomic E-state index is 15.3. The first-order chi connectivity index (χ1) is 21.9. The summed E-state index contributed by atoms with van der Waals surface area (Å²) in [5.41, 5.74) is 0.384. The first-order valence-corrected chi connectivity index (χ1v) is 16.3. The van der Waals surface area contributed by atoms with Crippen molar-refractivity contribution in [2.75, 3.05) is 37.6 Å². The lowest BCUT2D eigenvalue weighted by Crippen LogP contribution is -2.57. The number of piperidine rings is 1. The van der Waals surface area contributed by atoms with Crippen molar-refractivity contribution in [3.63, 3.8) is 0 Å². The van der Waals surface area contributed by atoms with Gasteiger partial charge in [0.2, 0.25) is 0 Å². The zero-order chi connectivity index (χ0) is 32.6. The Morgan fingerprint density at radius 3 is 2.50 bits per heavy atom. The number of hydrogen-bond donors (Lipinski definition) is 1. The van der Waals surface area contributed by atoms with E-state index in [2.05, 4.69) is 24.3 Å². The summed E-state index contributed by atoms with van der Waals surface area (Å²) in [5.74, 6) is -0.541. The summed E-state index contributed by atoms with van der Waals surface area (Å²) in [6, 6.07) is 3.85. The number of piperazine rings is 1. The van der Waals surface area contributed by atoms with Crippen LogP contribution in [0.5, 0.6) is 6.01 Å². The van der Waals surface area contributed by atoms with Gasteiger partial charge in [-0.2, -0.15) is 9.97 Å². The van der Waals surface area contributed by atoms with Crippen LogP contribution in [0, 0.1) is 11.7 Å². The van der Waals surface area contributed by atoms with Gasteiger partial charge in [-0.25, -0.2) is 14.2 Å². The molecule has 248 valence electrons. The minimum atomic E-state index is -0.767. The van der Waals surface area contributed by atoms with Gasteiger partial charge in [-0.05, 0) is 77.6 Å². The number of likely N-dealkylation sites (tertiary alicyclic amines) is 1. The minimum absolute atomic E-state index is 0.0325. The number of aromatic nitrogens is 4. The van der Waals surface area contributed by atoms with Crippen molar-refractivity contribution in [3.05, 3.63) is 41.2 Å². The van der Waals surface area contributed by atoms with Gasteiger partial charge in [-0.3, -0.25) is 9.69 Å². The lowest BCUT2D eigenvalue weighted by Gasteiger charge is -2.42. The fourth-order valence-electron chi connectivity index (χ4n) is 6.82. The first-order valence-electron chi connectivity index (χ1n) is 15.9. The van der Waals surface area contributed by atoms with E-state index in [0.29, 0.717) is 36.8 Å². The van der Waals surface area contributed by atoms with Crippen LogP contribution in [0.3, 0.4) is 0 Å². The third-order valence-corrected chi connectivity index (χ3v) is 9.33. The molecule has 0 aliphatic carbocycles. The summed E-state index contributed by atoms with van der Waals surface area (Å²) in [7, 11) is 0. The van der Waals surface area contributed by atoms with Crippen molar-refractivity contribution in [1.29, 1.82) is 0 Å². The van der Waals surface area contributed by atoms with Gasteiger partial charge in [0.25, 0.3) is 0 Å². The average Bonchev–Trinajstić information content (AvgIpc) is 3.56. The van der Waals surface area contributed by atoms with E-state index in [1.807, 2.05) is 44.0 Å². The predicted molar refractivity (Wildman–Crippen MR) is 170 cm³/mol. The summed E-state index contributed by atoms with van der Waals surface area (Å²) in [4.78, 5) is 43.2. The Labute approximate surface area is 272 Å². The maximum Gasteiger partial charge on any atom is 0.410 e. The fraction of sp³-hybridized carbons (Fsp3) is 0.594. The van der Waals surface area contributed by atoms with E-state index in [0.717, 1.165) is 51.0 Å². The van der Waals surface area contributed by atoms with E-state index in [4.69, 9.17) is 31.2 Å². The molecule has 3 aliphatic rings. The van der Waals surface area contributed by atoms with E-state index >= 15 is 4.39 Å². The molecule has 12 nitrogen and oxygen atoms in total. The number of nitrogens with zero attached hydrogens (tertiary/aromatic N) is 7. The molecule has 0 saturated carbocycles. The lowest BCUT2D eigenvalue weighted by atomic mass is 9.96. The van der Waals surface area contributed by atoms with Crippen LogP contribution in [0.15, 0.2) is 24.5 Å². The molecule has 6 heterocycles. The predicted octanol–water partition coefficient (Wildman–Crippen LogP) is 4.97. The molecular weight excluding hydrogens is 617 g/mol. The third-order valence-electron chi connectivity index (χ3n) is 9.06. The quantitative estimate of drug-likeness (QED) is 0.315. The summed E-state index contributed by atoms with van der Waals surface area (Å²) < 4.78 is 29.3. The summed E-state index contributed by atoms with van der Waals surface area (Å²) in [6.45, 7) is 9.94. The van der Waals surface area contributed by atoms with Crippen molar-refractivity contribution in [2.45, 2.75) is 83.7 Å². The Bertz CT molecular complexity index is 1570. The topological polar surface area (TPSA) is 126 Å². The molecule has 6 rings (SSSR count). The molecular formula is C32H41ClFN7O5. The monoisotopic (exact) mass is 657 g/mol. The van der Waals surface area contributed by atoms with Crippen molar-refractivity contribution < 1.29 is 28.6 Å².